The number of likely N-dealkylation sites (tertiary alicyclic amines) is 1. The van der Waals surface area contributed by atoms with Gasteiger partial charge in [-0.25, -0.2) is 9.97 Å². The maximum Gasteiger partial charge on any atom is 0.258 e. The molecule has 4 heterocycles. The van der Waals surface area contributed by atoms with E-state index in [9.17, 15) is 4.79 Å². The molecule has 0 bridgehead atoms. The van der Waals surface area contributed by atoms with E-state index in [1.807, 2.05) is 31.3 Å². The van der Waals surface area contributed by atoms with Crippen molar-refractivity contribution >= 4 is 27.2 Å². The second kappa shape index (κ2) is 6.55. The summed E-state index contributed by atoms with van der Waals surface area (Å²) < 4.78 is 2.85. The molecule has 1 aromatic carbocycles. The summed E-state index contributed by atoms with van der Waals surface area (Å²) >= 11 is 1.78. The molecule has 4 aromatic rings. The summed E-state index contributed by atoms with van der Waals surface area (Å²) in [6.07, 6.45) is 4.09. The number of thiazole rings is 1. The van der Waals surface area contributed by atoms with Crippen LogP contribution in [0.2, 0.25) is 0 Å². The van der Waals surface area contributed by atoms with Crippen molar-refractivity contribution in [3.63, 3.8) is 0 Å². The van der Waals surface area contributed by atoms with Gasteiger partial charge in [0.2, 0.25) is 0 Å². The number of aromatic nitrogens is 3. The molecule has 0 spiro atoms. The number of nitrogens with zero attached hydrogens (tertiary/aromatic N) is 4. The molecule has 6 heteroatoms. The van der Waals surface area contributed by atoms with Gasteiger partial charge in [0.25, 0.3) is 5.56 Å². The van der Waals surface area contributed by atoms with Crippen molar-refractivity contribution in [3.8, 4) is 0 Å². The average molecular weight is 376 g/mol. The van der Waals surface area contributed by atoms with E-state index in [4.69, 9.17) is 9.97 Å². The van der Waals surface area contributed by atoms with Gasteiger partial charge in [0.15, 0.2) is 0 Å². The zero-order valence-corrected chi connectivity index (χ0v) is 15.9. The first-order chi connectivity index (χ1) is 13.2. The molecule has 136 valence electrons. The van der Waals surface area contributed by atoms with Crippen molar-refractivity contribution in [2.45, 2.75) is 32.4 Å². The lowest BCUT2D eigenvalue weighted by atomic mass is 10.2. The van der Waals surface area contributed by atoms with Gasteiger partial charge in [0.05, 0.1) is 22.0 Å². The smallest absolute Gasteiger partial charge is 0.258 e. The zero-order valence-electron chi connectivity index (χ0n) is 15.1. The van der Waals surface area contributed by atoms with Gasteiger partial charge >= 0.3 is 0 Å². The van der Waals surface area contributed by atoms with Crippen LogP contribution in [0.1, 0.15) is 35.1 Å². The monoisotopic (exact) mass is 376 g/mol. The Morgan fingerprint density at radius 1 is 1.19 bits per heavy atom. The summed E-state index contributed by atoms with van der Waals surface area (Å²) in [5.74, 6) is 0. The predicted octanol–water partition coefficient (Wildman–Crippen LogP) is 3.95. The van der Waals surface area contributed by atoms with E-state index in [1.165, 1.54) is 9.71 Å². The van der Waals surface area contributed by atoms with Crippen LogP contribution in [-0.4, -0.2) is 25.8 Å². The molecule has 0 unspecified atom stereocenters. The van der Waals surface area contributed by atoms with Crippen LogP contribution in [0.4, 0.5) is 0 Å². The number of hydrogen-bond donors (Lipinski definition) is 0. The van der Waals surface area contributed by atoms with Gasteiger partial charge in [-0.2, -0.15) is 0 Å². The largest absolute Gasteiger partial charge is 0.288 e. The normalized spacial score (nSPS) is 17.9. The lowest BCUT2D eigenvalue weighted by Gasteiger charge is -2.22. The van der Waals surface area contributed by atoms with Crippen molar-refractivity contribution in [1.29, 1.82) is 0 Å². The predicted molar refractivity (Wildman–Crippen MR) is 108 cm³/mol. The van der Waals surface area contributed by atoms with E-state index >= 15 is 0 Å². The minimum absolute atomic E-state index is 0.0190. The summed E-state index contributed by atoms with van der Waals surface area (Å²) in [7, 11) is 0. The van der Waals surface area contributed by atoms with Gasteiger partial charge in [0, 0.05) is 18.8 Å². The Kier molecular flexibility index (Phi) is 4.02. The highest BCUT2D eigenvalue weighted by atomic mass is 32.1. The second-order valence-corrected chi connectivity index (χ2v) is 8.23. The molecule has 1 aliphatic rings. The van der Waals surface area contributed by atoms with Crippen LogP contribution in [0, 0.1) is 6.92 Å². The summed E-state index contributed by atoms with van der Waals surface area (Å²) in [5.41, 5.74) is 3.64. The molecule has 5 nitrogen and oxygen atoms in total. The lowest BCUT2D eigenvalue weighted by molar-refractivity contribution is 0.245. The number of aryl methyl sites for hydroxylation is 1. The molecular formula is C21H20N4OS. The summed E-state index contributed by atoms with van der Waals surface area (Å²) in [6, 6.07) is 14.2. The highest BCUT2D eigenvalue weighted by Crippen LogP contribution is 2.37. The van der Waals surface area contributed by atoms with E-state index in [2.05, 4.69) is 23.1 Å². The third-order valence-electron chi connectivity index (χ3n) is 5.18. The van der Waals surface area contributed by atoms with Gasteiger partial charge in [-0.3, -0.25) is 14.1 Å². The number of rotatable bonds is 3. The highest BCUT2D eigenvalue weighted by molar-refractivity contribution is 7.18. The Hall–Kier alpha value is -2.57. The van der Waals surface area contributed by atoms with Crippen LogP contribution in [-0.2, 0) is 6.54 Å². The Bertz CT molecular complexity index is 1160. The maximum absolute atomic E-state index is 12.5. The molecule has 0 radical (unpaired) electrons. The molecule has 1 saturated heterocycles. The molecule has 27 heavy (non-hydrogen) atoms. The fourth-order valence-corrected chi connectivity index (χ4v) is 5.01. The molecule has 0 amide bonds. The molecule has 1 fully saturated rings. The number of fused-ring (bicyclic) bond motifs is 2. The number of pyridine rings is 1. The standard InChI is InChI=1S/C21H20N4OS/c1-14-8-9-19-22-15(11-20(26)25(19)12-14)13-24-10-4-6-17(24)21-23-16-5-2-3-7-18(16)27-21/h2-3,5,7-9,11-12,17H,4,6,10,13H2,1H3/t17-/m0/s1. The first-order valence-corrected chi connectivity index (χ1v) is 10.1. The minimum atomic E-state index is -0.0190. The van der Waals surface area contributed by atoms with Gasteiger partial charge < -0.3 is 0 Å². The zero-order chi connectivity index (χ0) is 18.4. The number of hydrogen-bond acceptors (Lipinski definition) is 5. The molecular weight excluding hydrogens is 356 g/mol. The second-order valence-electron chi connectivity index (χ2n) is 7.17. The first-order valence-electron chi connectivity index (χ1n) is 9.26. The van der Waals surface area contributed by atoms with Crippen LogP contribution < -0.4 is 5.56 Å². The molecule has 0 aliphatic carbocycles. The van der Waals surface area contributed by atoms with Crippen LogP contribution in [0.25, 0.3) is 15.9 Å². The van der Waals surface area contributed by atoms with E-state index < -0.39 is 0 Å². The van der Waals surface area contributed by atoms with Crippen molar-refractivity contribution < 1.29 is 0 Å². The van der Waals surface area contributed by atoms with Crippen molar-refractivity contribution in [2.75, 3.05) is 6.54 Å². The first kappa shape index (κ1) is 16.6. The van der Waals surface area contributed by atoms with E-state index in [0.717, 1.165) is 36.2 Å². The Balaban J connectivity index is 1.46. The lowest BCUT2D eigenvalue weighted by Crippen LogP contribution is -2.25. The Morgan fingerprint density at radius 2 is 2.07 bits per heavy atom. The van der Waals surface area contributed by atoms with Gasteiger partial charge in [-0.15, -0.1) is 11.3 Å². The highest BCUT2D eigenvalue weighted by Gasteiger charge is 2.29. The van der Waals surface area contributed by atoms with Crippen LogP contribution in [0.3, 0.4) is 0 Å². The Labute approximate surface area is 160 Å². The summed E-state index contributed by atoms with van der Waals surface area (Å²) in [4.78, 5) is 24.5. The van der Waals surface area contributed by atoms with Gasteiger partial charge in [0.1, 0.15) is 10.7 Å². The van der Waals surface area contributed by atoms with Gasteiger partial charge in [-0.05, 0) is 50.1 Å². The SMILES string of the molecule is Cc1ccc2nc(CN3CCC[C@H]3c3nc4ccccc4s3)cc(=O)n2c1. The summed E-state index contributed by atoms with van der Waals surface area (Å²) in [6.45, 7) is 3.67. The molecule has 1 aliphatic heterocycles. The Morgan fingerprint density at radius 3 is 2.96 bits per heavy atom. The molecule has 0 saturated carbocycles. The molecule has 3 aromatic heterocycles. The van der Waals surface area contributed by atoms with Crippen LogP contribution in [0.15, 0.2) is 53.5 Å². The third-order valence-corrected chi connectivity index (χ3v) is 6.32. The fourth-order valence-electron chi connectivity index (χ4n) is 3.87. The quantitative estimate of drug-likeness (QED) is 0.543. The topological polar surface area (TPSA) is 50.5 Å². The van der Waals surface area contributed by atoms with Crippen molar-refractivity contribution in [3.05, 3.63) is 75.3 Å². The van der Waals surface area contributed by atoms with Crippen molar-refractivity contribution in [1.82, 2.24) is 19.3 Å². The minimum Gasteiger partial charge on any atom is -0.288 e. The molecule has 1 atom stereocenters. The number of benzene rings is 1. The third kappa shape index (κ3) is 3.05. The van der Waals surface area contributed by atoms with E-state index in [-0.39, 0.29) is 5.56 Å². The van der Waals surface area contributed by atoms with E-state index in [1.54, 1.807) is 21.8 Å². The maximum atomic E-state index is 12.5. The van der Waals surface area contributed by atoms with Gasteiger partial charge in [-0.1, -0.05) is 18.2 Å². The molecule has 0 N–H and O–H groups in total. The average Bonchev–Trinajstić information content (AvgIpc) is 3.28. The van der Waals surface area contributed by atoms with Crippen LogP contribution >= 0.6 is 11.3 Å². The fraction of sp³-hybridized carbons (Fsp3) is 0.286. The van der Waals surface area contributed by atoms with Crippen molar-refractivity contribution in [2.24, 2.45) is 0 Å². The van der Waals surface area contributed by atoms with E-state index in [0.29, 0.717) is 18.2 Å². The summed E-state index contributed by atoms with van der Waals surface area (Å²) in [5, 5.41) is 1.17. The van der Waals surface area contributed by atoms with Crippen LogP contribution in [0.5, 0.6) is 0 Å². The number of para-hydroxylation sites is 1. The molecule has 5 rings (SSSR count).